The number of ketones is 1. The quantitative estimate of drug-likeness (QED) is 0.541. The van der Waals surface area contributed by atoms with Gasteiger partial charge in [0.25, 0.3) is 0 Å². The molecule has 0 atom stereocenters. The standard InChI is InChI=1S/C11H22O2.2CH4/c1-11(12)9-7-5-3-4-6-8-10-13-2;;/h3-10H2,1-2H3;2*1H4. The van der Waals surface area contributed by atoms with Gasteiger partial charge in [0.2, 0.25) is 0 Å². The maximum absolute atomic E-state index is 10.6. The van der Waals surface area contributed by atoms with Crippen LogP contribution in [-0.4, -0.2) is 19.5 Å². The number of carbonyl (C=O) groups excluding carboxylic acids is 1. The number of Topliss-reactive ketones (excluding diaryl/α,β-unsaturated/α-hetero) is 1. The minimum atomic E-state index is 0. The normalized spacial score (nSPS) is 8.93. The van der Waals surface area contributed by atoms with Gasteiger partial charge in [0, 0.05) is 20.1 Å². The van der Waals surface area contributed by atoms with Crippen LogP contribution in [0.25, 0.3) is 0 Å². The molecule has 0 saturated carbocycles. The Morgan fingerprint density at radius 2 is 1.40 bits per heavy atom. The summed E-state index contributed by atoms with van der Waals surface area (Å²) >= 11 is 0. The van der Waals surface area contributed by atoms with Crippen molar-refractivity contribution in [1.29, 1.82) is 0 Å². The van der Waals surface area contributed by atoms with Crippen LogP contribution in [0.3, 0.4) is 0 Å². The van der Waals surface area contributed by atoms with Gasteiger partial charge in [0.05, 0.1) is 0 Å². The highest BCUT2D eigenvalue weighted by Gasteiger charge is 1.94. The SMILES string of the molecule is C.C.COCCCCCCCCC(C)=O. The molecular weight excluding hydrogens is 188 g/mol. The molecule has 0 aliphatic heterocycles. The molecule has 0 aromatic heterocycles. The lowest BCUT2D eigenvalue weighted by atomic mass is 10.1. The molecule has 0 aliphatic rings. The average molecular weight is 218 g/mol. The summed E-state index contributed by atoms with van der Waals surface area (Å²) in [6, 6.07) is 0. The molecule has 0 fully saturated rings. The fourth-order valence-electron chi connectivity index (χ4n) is 1.33. The van der Waals surface area contributed by atoms with Gasteiger partial charge in [0.1, 0.15) is 5.78 Å². The zero-order valence-corrected chi connectivity index (χ0v) is 8.97. The topological polar surface area (TPSA) is 26.3 Å². The third-order valence-electron chi connectivity index (χ3n) is 2.13. The maximum Gasteiger partial charge on any atom is 0.129 e. The number of methoxy groups -OCH3 is 1. The first-order valence-corrected chi connectivity index (χ1v) is 5.25. The molecule has 0 N–H and O–H groups in total. The zero-order chi connectivity index (χ0) is 9.94. The van der Waals surface area contributed by atoms with E-state index in [1.54, 1.807) is 14.0 Å². The van der Waals surface area contributed by atoms with Gasteiger partial charge in [-0.15, -0.1) is 0 Å². The molecule has 0 spiro atoms. The Morgan fingerprint density at radius 3 is 1.87 bits per heavy atom. The van der Waals surface area contributed by atoms with Crippen LogP contribution >= 0.6 is 0 Å². The van der Waals surface area contributed by atoms with E-state index in [2.05, 4.69) is 0 Å². The van der Waals surface area contributed by atoms with Crippen molar-refractivity contribution in [3.63, 3.8) is 0 Å². The number of carbonyl (C=O) groups is 1. The van der Waals surface area contributed by atoms with E-state index in [1.807, 2.05) is 0 Å². The van der Waals surface area contributed by atoms with Crippen molar-refractivity contribution in [1.82, 2.24) is 0 Å². The fourth-order valence-corrected chi connectivity index (χ4v) is 1.33. The molecule has 2 nitrogen and oxygen atoms in total. The highest BCUT2D eigenvalue weighted by Crippen LogP contribution is 2.07. The van der Waals surface area contributed by atoms with Crippen LogP contribution in [0.4, 0.5) is 0 Å². The van der Waals surface area contributed by atoms with Crippen LogP contribution in [0.1, 0.15) is 66.7 Å². The van der Waals surface area contributed by atoms with E-state index in [9.17, 15) is 4.79 Å². The summed E-state index contributed by atoms with van der Waals surface area (Å²) in [5.41, 5.74) is 0. The minimum absolute atomic E-state index is 0. The minimum Gasteiger partial charge on any atom is -0.385 e. The van der Waals surface area contributed by atoms with E-state index in [1.165, 1.54) is 32.1 Å². The van der Waals surface area contributed by atoms with E-state index in [4.69, 9.17) is 4.74 Å². The number of unbranched alkanes of at least 4 members (excludes halogenated alkanes) is 5. The van der Waals surface area contributed by atoms with Crippen molar-refractivity contribution < 1.29 is 9.53 Å². The van der Waals surface area contributed by atoms with Gasteiger partial charge < -0.3 is 9.53 Å². The van der Waals surface area contributed by atoms with Crippen molar-refractivity contribution in [2.45, 2.75) is 66.7 Å². The molecule has 0 bridgehead atoms. The summed E-state index contributed by atoms with van der Waals surface area (Å²) in [5, 5.41) is 0. The molecule has 0 aliphatic carbocycles. The first kappa shape index (κ1) is 20.1. The van der Waals surface area contributed by atoms with Gasteiger partial charge in [-0.1, -0.05) is 40.5 Å². The summed E-state index contributed by atoms with van der Waals surface area (Å²) in [7, 11) is 1.74. The van der Waals surface area contributed by atoms with Crippen molar-refractivity contribution in [2.24, 2.45) is 0 Å². The van der Waals surface area contributed by atoms with Crippen LogP contribution in [-0.2, 0) is 9.53 Å². The number of rotatable bonds is 9. The monoisotopic (exact) mass is 218 g/mol. The summed E-state index contributed by atoms with van der Waals surface area (Å²) in [5.74, 6) is 0.319. The van der Waals surface area contributed by atoms with Gasteiger partial charge in [-0.3, -0.25) is 0 Å². The average Bonchev–Trinajstić information content (AvgIpc) is 2.09. The molecule has 0 aromatic carbocycles. The van der Waals surface area contributed by atoms with E-state index < -0.39 is 0 Å². The van der Waals surface area contributed by atoms with Crippen LogP contribution in [0.5, 0.6) is 0 Å². The van der Waals surface area contributed by atoms with Crippen molar-refractivity contribution >= 4 is 5.78 Å². The molecule has 0 radical (unpaired) electrons. The van der Waals surface area contributed by atoms with E-state index in [0.717, 1.165) is 19.4 Å². The third-order valence-corrected chi connectivity index (χ3v) is 2.13. The largest absolute Gasteiger partial charge is 0.385 e. The Morgan fingerprint density at radius 1 is 0.933 bits per heavy atom. The second kappa shape index (κ2) is 16.1. The van der Waals surface area contributed by atoms with Crippen molar-refractivity contribution in [2.75, 3.05) is 13.7 Å². The predicted molar refractivity (Wildman–Crippen MR) is 68.3 cm³/mol. The first-order valence-electron chi connectivity index (χ1n) is 5.25. The number of ether oxygens (including phenoxy) is 1. The van der Waals surface area contributed by atoms with Gasteiger partial charge in [0.15, 0.2) is 0 Å². The van der Waals surface area contributed by atoms with Crippen molar-refractivity contribution in [3.8, 4) is 0 Å². The summed E-state index contributed by atoms with van der Waals surface area (Å²) in [6.45, 7) is 2.55. The summed E-state index contributed by atoms with van der Waals surface area (Å²) in [4.78, 5) is 10.6. The summed E-state index contributed by atoms with van der Waals surface area (Å²) in [6.07, 6.45) is 8.00. The fraction of sp³-hybridized carbons (Fsp3) is 0.923. The van der Waals surface area contributed by atoms with Gasteiger partial charge >= 0.3 is 0 Å². The molecule has 2 heteroatoms. The second-order valence-electron chi connectivity index (χ2n) is 3.57. The Hall–Kier alpha value is -0.370. The van der Waals surface area contributed by atoms with Gasteiger partial charge in [-0.05, 0) is 19.8 Å². The Bertz CT molecular complexity index is 122. The van der Waals surface area contributed by atoms with Crippen LogP contribution in [0.15, 0.2) is 0 Å². The molecule has 0 unspecified atom stereocenters. The number of hydrogen-bond donors (Lipinski definition) is 0. The third kappa shape index (κ3) is 19.9. The van der Waals surface area contributed by atoms with Gasteiger partial charge in [-0.25, -0.2) is 0 Å². The lowest BCUT2D eigenvalue weighted by Gasteiger charge is -2.00. The molecule has 0 saturated heterocycles. The first-order chi connectivity index (χ1) is 6.27. The van der Waals surface area contributed by atoms with Crippen LogP contribution in [0, 0.1) is 0 Å². The molecule has 0 rings (SSSR count). The molecule has 15 heavy (non-hydrogen) atoms. The second-order valence-corrected chi connectivity index (χ2v) is 3.57. The highest BCUT2D eigenvalue weighted by atomic mass is 16.5. The Labute approximate surface area is 96.4 Å². The Kier molecular flexibility index (Phi) is 21.5. The lowest BCUT2D eigenvalue weighted by Crippen LogP contribution is -1.90. The van der Waals surface area contributed by atoms with Crippen LogP contribution in [0.2, 0.25) is 0 Å². The maximum atomic E-state index is 10.6. The van der Waals surface area contributed by atoms with Gasteiger partial charge in [-0.2, -0.15) is 0 Å². The van der Waals surface area contributed by atoms with E-state index in [-0.39, 0.29) is 14.9 Å². The van der Waals surface area contributed by atoms with E-state index >= 15 is 0 Å². The molecule has 0 amide bonds. The smallest absolute Gasteiger partial charge is 0.129 e. The molecule has 94 valence electrons. The lowest BCUT2D eigenvalue weighted by molar-refractivity contribution is -0.117. The number of hydrogen-bond acceptors (Lipinski definition) is 2. The Balaban J connectivity index is -0.000000720. The molecule has 0 aromatic rings. The van der Waals surface area contributed by atoms with Crippen molar-refractivity contribution in [3.05, 3.63) is 0 Å². The van der Waals surface area contributed by atoms with Crippen LogP contribution < -0.4 is 0 Å². The summed E-state index contributed by atoms with van der Waals surface area (Å²) < 4.78 is 4.96. The predicted octanol–water partition coefficient (Wildman–Crippen LogP) is 4.22. The molecule has 0 heterocycles. The highest BCUT2D eigenvalue weighted by molar-refractivity contribution is 5.75. The van der Waals surface area contributed by atoms with E-state index in [0.29, 0.717) is 5.78 Å². The zero-order valence-electron chi connectivity index (χ0n) is 8.97. The molecular formula is C13H30O2.